The SMILES string of the molecule is CC1CN(Cc2ccoc2)C(C(C)C)CN1. The fourth-order valence-electron chi connectivity index (χ4n) is 2.46. The molecule has 16 heavy (non-hydrogen) atoms. The van der Waals surface area contributed by atoms with E-state index in [0.717, 1.165) is 19.6 Å². The number of rotatable bonds is 3. The van der Waals surface area contributed by atoms with Crippen molar-refractivity contribution in [2.45, 2.75) is 39.4 Å². The third-order valence-electron chi connectivity index (χ3n) is 3.39. The van der Waals surface area contributed by atoms with Crippen LogP contribution < -0.4 is 5.32 Å². The van der Waals surface area contributed by atoms with Crippen LogP contribution in [0.4, 0.5) is 0 Å². The molecular weight excluding hydrogens is 200 g/mol. The first-order chi connectivity index (χ1) is 7.66. The molecule has 2 atom stereocenters. The van der Waals surface area contributed by atoms with Crippen molar-refractivity contribution in [3.63, 3.8) is 0 Å². The van der Waals surface area contributed by atoms with Crippen LogP contribution in [-0.4, -0.2) is 30.1 Å². The molecule has 3 nitrogen and oxygen atoms in total. The van der Waals surface area contributed by atoms with Gasteiger partial charge in [0, 0.05) is 37.3 Å². The molecule has 0 radical (unpaired) electrons. The van der Waals surface area contributed by atoms with Crippen molar-refractivity contribution in [2.24, 2.45) is 5.92 Å². The number of hydrogen-bond acceptors (Lipinski definition) is 3. The van der Waals surface area contributed by atoms with Gasteiger partial charge in [-0.05, 0) is 18.9 Å². The lowest BCUT2D eigenvalue weighted by atomic mass is 9.98. The first-order valence-electron chi connectivity index (χ1n) is 6.15. The number of hydrogen-bond donors (Lipinski definition) is 1. The maximum absolute atomic E-state index is 5.14. The summed E-state index contributed by atoms with van der Waals surface area (Å²) in [6.07, 6.45) is 3.61. The van der Waals surface area contributed by atoms with E-state index in [1.807, 2.05) is 6.26 Å². The van der Waals surface area contributed by atoms with E-state index in [4.69, 9.17) is 4.42 Å². The van der Waals surface area contributed by atoms with Gasteiger partial charge in [-0.25, -0.2) is 0 Å². The Bertz CT molecular complexity index is 308. The van der Waals surface area contributed by atoms with Gasteiger partial charge in [0.25, 0.3) is 0 Å². The average molecular weight is 222 g/mol. The van der Waals surface area contributed by atoms with E-state index in [1.54, 1.807) is 6.26 Å². The summed E-state index contributed by atoms with van der Waals surface area (Å²) in [6.45, 7) is 10.1. The van der Waals surface area contributed by atoms with Gasteiger partial charge in [-0.1, -0.05) is 13.8 Å². The number of nitrogens with one attached hydrogen (secondary N) is 1. The molecule has 0 spiro atoms. The van der Waals surface area contributed by atoms with Crippen LogP contribution in [-0.2, 0) is 6.54 Å². The Morgan fingerprint density at radius 1 is 1.56 bits per heavy atom. The van der Waals surface area contributed by atoms with Gasteiger partial charge in [-0.15, -0.1) is 0 Å². The van der Waals surface area contributed by atoms with Crippen molar-refractivity contribution < 1.29 is 4.42 Å². The summed E-state index contributed by atoms with van der Waals surface area (Å²) in [5.74, 6) is 0.687. The van der Waals surface area contributed by atoms with Crippen molar-refractivity contribution in [3.05, 3.63) is 24.2 Å². The summed E-state index contributed by atoms with van der Waals surface area (Å²) in [5.41, 5.74) is 1.28. The van der Waals surface area contributed by atoms with E-state index in [1.165, 1.54) is 5.56 Å². The summed E-state index contributed by atoms with van der Waals surface area (Å²) >= 11 is 0. The molecule has 90 valence electrons. The van der Waals surface area contributed by atoms with Gasteiger partial charge in [0.05, 0.1) is 12.5 Å². The van der Waals surface area contributed by atoms with Gasteiger partial charge in [0.1, 0.15) is 0 Å². The minimum atomic E-state index is 0.585. The fraction of sp³-hybridized carbons (Fsp3) is 0.692. The van der Waals surface area contributed by atoms with Crippen LogP contribution in [0, 0.1) is 5.92 Å². The molecule has 0 saturated carbocycles. The quantitative estimate of drug-likeness (QED) is 0.849. The van der Waals surface area contributed by atoms with Gasteiger partial charge in [0.15, 0.2) is 0 Å². The molecule has 1 fully saturated rings. The van der Waals surface area contributed by atoms with Crippen LogP contribution in [0.2, 0.25) is 0 Å². The van der Waals surface area contributed by atoms with Crippen molar-refractivity contribution in [1.82, 2.24) is 10.2 Å². The smallest absolute Gasteiger partial charge is 0.0947 e. The highest BCUT2D eigenvalue weighted by Gasteiger charge is 2.27. The second kappa shape index (κ2) is 5.02. The van der Waals surface area contributed by atoms with Crippen LogP contribution in [0.25, 0.3) is 0 Å². The zero-order chi connectivity index (χ0) is 11.5. The Morgan fingerprint density at radius 3 is 3.00 bits per heavy atom. The van der Waals surface area contributed by atoms with Crippen LogP contribution in [0.1, 0.15) is 26.3 Å². The van der Waals surface area contributed by atoms with Gasteiger partial charge in [0.2, 0.25) is 0 Å². The molecule has 3 heteroatoms. The molecule has 2 heterocycles. The van der Waals surface area contributed by atoms with E-state index >= 15 is 0 Å². The first kappa shape index (κ1) is 11.7. The molecule has 2 unspecified atom stereocenters. The van der Waals surface area contributed by atoms with Crippen molar-refractivity contribution in [1.29, 1.82) is 0 Å². The topological polar surface area (TPSA) is 28.4 Å². The zero-order valence-corrected chi connectivity index (χ0v) is 10.4. The molecule has 0 bridgehead atoms. The van der Waals surface area contributed by atoms with Crippen molar-refractivity contribution >= 4 is 0 Å². The third-order valence-corrected chi connectivity index (χ3v) is 3.39. The monoisotopic (exact) mass is 222 g/mol. The molecule has 0 aliphatic carbocycles. The Labute approximate surface area is 97.8 Å². The molecule has 2 rings (SSSR count). The molecule has 1 aliphatic rings. The van der Waals surface area contributed by atoms with Crippen molar-refractivity contribution in [2.75, 3.05) is 13.1 Å². The maximum atomic E-state index is 5.14. The van der Waals surface area contributed by atoms with Crippen LogP contribution in [0.3, 0.4) is 0 Å². The number of nitrogens with zero attached hydrogens (tertiary/aromatic N) is 1. The van der Waals surface area contributed by atoms with Crippen LogP contribution in [0.5, 0.6) is 0 Å². The Kier molecular flexibility index (Phi) is 3.66. The number of piperazine rings is 1. The maximum Gasteiger partial charge on any atom is 0.0947 e. The largest absolute Gasteiger partial charge is 0.472 e. The predicted octanol–water partition coefficient (Wildman–Crippen LogP) is 2.10. The summed E-state index contributed by atoms with van der Waals surface area (Å²) < 4.78 is 5.14. The Balaban J connectivity index is 2.02. The molecule has 1 aliphatic heterocycles. The summed E-state index contributed by atoms with van der Waals surface area (Å²) in [6, 6.07) is 3.28. The van der Waals surface area contributed by atoms with E-state index in [2.05, 4.69) is 37.1 Å². The van der Waals surface area contributed by atoms with Crippen molar-refractivity contribution in [3.8, 4) is 0 Å². The molecule has 1 saturated heterocycles. The first-order valence-corrected chi connectivity index (χ1v) is 6.15. The van der Waals surface area contributed by atoms with Gasteiger partial charge in [-0.2, -0.15) is 0 Å². The van der Waals surface area contributed by atoms with E-state index in [9.17, 15) is 0 Å². The highest BCUT2D eigenvalue weighted by Crippen LogP contribution is 2.18. The van der Waals surface area contributed by atoms with Gasteiger partial charge >= 0.3 is 0 Å². The minimum absolute atomic E-state index is 0.585. The van der Waals surface area contributed by atoms with Crippen LogP contribution in [0.15, 0.2) is 23.0 Å². The average Bonchev–Trinajstić information content (AvgIpc) is 2.70. The summed E-state index contributed by atoms with van der Waals surface area (Å²) in [4.78, 5) is 2.57. The Hall–Kier alpha value is -0.800. The number of furan rings is 1. The molecule has 0 aromatic carbocycles. The summed E-state index contributed by atoms with van der Waals surface area (Å²) in [5, 5.41) is 3.56. The highest BCUT2D eigenvalue weighted by molar-refractivity contribution is 5.06. The molecule has 1 aromatic rings. The van der Waals surface area contributed by atoms with Gasteiger partial charge in [-0.3, -0.25) is 4.90 Å². The zero-order valence-electron chi connectivity index (χ0n) is 10.4. The van der Waals surface area contributed by atoms with E-state index in [0.29, 0.717) is 18.0 Å². The lowest BCUT2D eigenvalue weighted by molar-refractivity contribution is 0.0954. The molecule has 1 N–H and O–H groups in total. The second-order valence-electron chi connectivity index (χ2n) is 5.18. The normalized spacial score (nSPS) is 27.5. The molecular formula is C13H22N2O. The van der Waals surface area contributed by atoms with Crippen LogP contribution >= 0.6 is 0 Å². The summed E-state index contributed by atoms with van der Waals surface area (Å²) in [7, 11) is 0. The molecule has 0 amide bonds. The standard InChI is InChI=1S/C13H22N2O/c1-10(2)13-6-14-11(3)7-15(13)8-12-4-5-16-9-12/h4-5,9-11,13-14H,6-8H2,1-3H3. The van der Waals surface area contributed by atoms with E-state index < -0.39 is 0 Å². The predicted molar refractivity (Wildman–Crippen MR) is 65.2 cm³/mol. The minimum Gasteiger partial charge on any atom is -0.472 e. The highest BCUT2D eigenvalue weighted by atomic mass is 16.3. The lowest BCUT2D eigenvalue weighted by Crippen LogP contribution is -2.56. The Morgan fingerprint density at radius 2 is 2.38 bits per heavy atom. The molecule has 1 aromatic heterocycles. The second-order valence-corrected chi connectivity index (χ2v) is 5.18. The lowest BCUT2D eigenvalue weighted by Gasteiger charge is -2.41. The van der Waals surface area contributed by atoms with Gasteiger partial charge < -0.3 is 9.73 Å². The fourth-order valence-corrected chi connectivity index (χ4v) is 2.46. The van der Waals surface area contributed by atoms with E-state index in [-0.39, 0.29) is 0 Å². The third kappa shape index (κ3) is 2.66.